The fourth-order valence-corrected chi connectivity index (χ4v) is 1.28. The highest BCUT2D eigenvalue weighted by molar-refractivity contribution is 7.85. The second-order valence-electron chi connectivity index (χ2n) is 2.39. The lowest BCUT2D eigenvalue weighted by Gasteiger charge is -2.03. The van der Waals surface area contributed by atoms with Gasteiger partial charge in [0.2, 0.25) is 5.75 Å². The molecule has 0 saturated heterocycles. The topological polar surface area (TPSA) is 72.8 Å². The van der Waals surface area contributed by atoms with E-state index in [1.807, 2.05) is 0 Å². The van der Waals surface area contributed by atoms with E-state index in [1.165, 1.54) is 0 Å². The maximum Gasteiger partial charge on any atom is 0.439 e. The third-order valence-corrected chi connectivity index (χ3v) is 1.98. The monoisotopic (exact) mass is 253 g/mol. The van der Waals surface area contributed by atoms with Gasteiger partial charge in [-0.1, -0.05) is 0 Å². The summed E-state index contributed by atoms with van der Waals surface area (Å²) < 4.78 is 65.5. The van der Waals surface area contributed by atoms with E-state index in [9.17, 15) is 26.4 Å². The van der Waals surface area contributed by atoms with E-state index in [0.29, 0.717) is 6.08 Å². The van der Waals surface area contributed by atoms with Crippen molar-refractivity contribution in [3.63, 3.8) is 0 Å². The molecule has 0 aliphatic heterocycles. The quantitative estimate of drug-likeness (QED) is 0.596. The molecule has 1 aromatic rings. The SMILES string of the molecule is O=C=NS(=O)(=O)Oc1c(F)cc(F)cc1F. The highest BCUT2D eigenvalue weighted by atomic mass is 32.2. The van der Waals surface area contributed by atoms with Gasteiger partial charge in [0.25, 0.3) is 6.08 Å². The molecule has 0 unspecified atom stereocenters. The minimum atomic E-state index is -4.84. The van der Waals surface area contributed by atoms with Gasteiger partial charge in [0.15, 0.2) is 11.6 Å². The van der Waals surface area contributed by atoms with Crippen LogP contribution in [-0.4, -0.2) is 14.5 Å². The number of halogens is 3. The van der Waals surface area contributed by atoms with Crippen molar-refractivity contribution >= 4 is 16.4 Å². The van der Waals surface area contributed by atoms with Crippen molar-refractivity contribution in [1.82, 2.24) is 0 Å². The number of benzene rings is 1. The Morgan fingerprint density at radius 2 is 1.69 bits per heavy atom. The first-order chi connectivity index (χ1) is 7.35. The van der Waals surface area contributed by atoms with Crippen LogP contribution >= 0.6 is 0 Å². The van der Waals surface area contributed by atoms with Crippen LogP contribution in [0.1, 0.15) is 0 Å². The molecule has 0 spiro atoms. The first-order valence-corrected chi connectivity index (χ1v) is 4.90. The molecule has 86 valence electrons. The van der Waals surface area contributed by atoms with Crippen LogP contribution in [0, 0.1) is 17.5 Å². The fraction of sp³-hybridized carbons (Fsp3) is 0. The molecule has 0 saturated carbocycles. The van der Waals surface area contributed by atoms with Gasteiger partial charge in [-0.3, -0.25) is 0 Å². The summed E-state index contributed by atoms with van der Waals surface area (Å²) in [5.74, 6) is -5.79. The molecular formula is C7H2F3NO4S. The second-order valence-corrected chi connectivity index (χ2v) is 3.60. The zero-order valence-corrected chi connectivity index (χ0v) is 8.09. The molecule has 0 radical (unpaired) electrons. The van der Waals surface area contributed by atoms with Crippen molar-refractivity contribution in [3.8, 4) is 5.75 Å². The number of nitrogens with zero attached hydrogens (tertiary/aromatic N) is 1. The van der Waals surface area contributed by atoms with Crippen molar-refractivity contribution in [2.24, 2.45) is 4.40 Å². The highest BCUT2D eigenvalue weighted by Crippen LogP contribution is 2.24. The summed E-state index contributed by atoms with van der Waals surface area (Å²) in [5.41, 5.74) is 0. The van der Waals surface area contributed by atoms with Crippen molar-refractivity contribution in [2.75, 3.05) is 0 Å². The molecule has 5 nitrogen and oxygen atoms in total. The maximum atomic E-state index is 12.9. The van der Waals surface area contributed by atoms with Gasteiger partial charge in [0, 0.05) is 12.1 Å². The van der Waals surface area contributed by atoms with Gasteiger partial charge in [0.1, 0.15) is 5.82 Å². The van der Waals surface area contributed by atoms with Gasteiger partial charge in [-0.15, -0.1) is 0 Å². The summed E-state index contributed by atoms with van der Waals surface area (Å²) in [7, 11) is -4.84. The molecule has 0 aliphatic carbocycles. The van der Waals surface area contributed by atoms with Crippen molar-refractivity contribution in [1.29, 1.82) is 0 Å². The Labute approximate surface area is 87.4 Å². The van der Waals surface area contributed by atoms with E-state index >= 15 is 0 Å². The Bertz CT molecular complexity index is 542. The zero-order chi connectivity index (χ0) is 12.3. The molecule has 1 aromatic carbocycles. The molecule has 9 heteroatoms. The van der Waals surface area contributed by atoms with E-state index in [4.69, 9.17) is 0 Å². The smallest absolute Gasteiger partial charge is 0.359 e. The van der Waals surface area contributed by atoms with Gasteiger partial charge >= 0.3 is 10.3 Å². The van der Waals surface area contributed by atoms with Crippen LogP contribution in [0.2, 0.25) is 0 Å². The predicted molar refractivity (Wildman–Crippen MR) is 44.0 cm³/mol. The standard InChI is InChI=1S/C7H2F3NO4S/c8-4-1-5(9)7(6(10)2-4)15-16(13,14)11-3-12/h1-2H. The summed E-state index contributed by atoms with van der Waals surface area (Å²) in [5, 5.41) is 0. The van der Waals surface area contributed by atoms with E-state index in [-0.39, 0.29) is 12.1 Å². The Kier molecular flexibility index (Phi) is 3.31. The molecule has 16 heavy (non-hydrogen) atoms. The Hall–Kier alpha value is -1.86. The molecule has 0 amide bonds. The first-order valence-electron chi connectivity index (χ1n) is 3.54. The minimum Gasteiger partial charge on any atom is -0.359 e. The number of hydrogen-bond donors (Lipinski definition) is 0. The summed E-state index contributed by atoms with van der Waals surface area (Å²) in [6, 6.07) is 0.414. The molecule has 0 atom stereocenters. The summed E-state index contributed by atoms with van der Waals surface area (Å²) in [4.78, 5) is 9.64. The lowest BCUT2D eigenvalue weighted by Crippen LogP contribution is -2.08. The summed E-state index contributed by atoms with van der Waals surface area (Å²) >= 11 is 0. The third-order valence-electron chi connectivity index (χ3n) is 1.30. The highest BCUT2D eigenvalue weighted by Gasteiger charge is 2.20. The molecule has 0 fully saturated rings. The van der Waals surface area contributed by atoms with Gasteiger partial charge in [-0.2, -0.15) is 8.42 Å². The number of isocyanates is 1. The van der Waals surface area contributed by atoms with Gasteiger partial charge in [-0.05, 0) is 4.40 Å². The van der Waals surface area contributed by atoms with E-state index < -0.39 is 33.5 Å². The lowest BCUT2D eigenvalue weighted by molar-refractivity contribution is 0.427. The van der Waals surface area contributed by atoms with Crippen LogP contribution in [0.5, 0.6) is 5.75 Å². The van der Waals surface area contributed by atoms with E-state index in [1.54, 1.807) is 0 Å². The average molecular weight is 253 g/mol. The van der Waals surface area contributed by atoms with E-state index in [2.05, 4.69) is 8.58 Å². The number of carbonyl (C=O) groups excluding carboxylic acids is 1. The molecule has 0 aliphatic rings. The van der Waals surface area contributed by atoms with E-state index in [0.717, 1.165) is 0 Å². The maximum absolute atomic E-state index is 12.9. The third kappa shape index (κ3) is 2.81. The Balaban J connectivity index is 3.22. The van der Waals surface area contributed by atoms with Crippen LogP contribution in [0.25, 0.3) is 0 Å². The lowest BCUT2D eigenvalue weighted by atomic mass is 10.3. The normalized spacial score (nSPS) is 10.7. The number of hydrogen-bond acceptors (Lipinski definition) is 4. The predicted octanol–water partition coefficient (Wildman–Crippen LogP) is 1.06. The Morgan fingerprint density at radius 1 is 1.19 bits per heavy atom. The first kappa shape index (κ1) is 12.2. The van der Waals surface area contributed by atoms with Crippen molar-refractivity contribution in [3.05, 3.63) is 29.6 Å². The minimum absolute atomic E-state index is 0.207. The Morgan fingerprint density at radius 3 is 2.12 bits per heavy atom. The van der Waals surface area contributed by atoms with Gasteiger partial charge < -0.3 is 4.18 Å². The van der Waals surface area contributed by atoms with Crippen molar-refractivity contribution < 1.29 is 30.6 Å². The van der Waals surface area contributed by atoms with Crippen LogP contribution in [-0.2, 0) is 15.1 Å². The molecular weight excluding hydrogens is 251 g/mol. The summed E-state index contributed by atoms with van der Waals surface area (Å²) in [6.07, 6.45) is 0.622. The van der Waals surface area contributed by atoms with Gasteiger partial charge in [0.05, 0.1) is 0 Å². The van der Waals surface area contributed by atoms with Crippen LogP contribution in [0.3, 0.4) is 0 Å². The van der Waals surface area contributed by atoms with Crippen LogP contribution in [0.4, 0.5) is 13.2 Å². The second kappa shape index (κ2) is 4.33. The molecule has 0 heterocycles. The largest absolute Gasteiger partial charge is 0.439 e. The molecule has 0 N–H and O–H groups in total. The van der Waals surface area contributed by atoms with Crippen LogP contribution in [0.15, 0.2) is 16.5 Å². The van der Waals surface area contributed by atoms with Crippen molar-refractivity contribution in [2.45, 2.75) is 0 Å². The average Bonchev–Trinajstić information content (AvgIpc) is 2.11. The number of rotatable bonds is 3. The molecule has 0 bridgehead atoms. The van der Waals surface area contributed by atoms with Crippen LogP contribution < -0.4 is 4.18 Å². The molecule has 0 aromatic heterocycles. The zero-order valence-electron chi connectivity index (χ0n) is 7.28. The molecule has 1 rings (SSSR count). The van der Waals surface area contributed by atoms with Gasteiger partial charge in [-0.25, -0.2) is 18.0 Å². The summed E-state index contributed by atoms with van der Waals surface area (Å²) in [6.45, 7) is 0. The fourth-order valence-electron chi connectivity index (χ4n) is 0.778.